The van der Waals surface area contributed by atoms with Gasteiger partial charge in [0.25, 0.3) is 0 Å². The highest BCUT2D eigenvalue weighted by Gasteiger charge is 2.54. The van der Waals surface area contributed by atoms with Crippen molar-refractivity contribution in [3.63, 3.8) is 0 Å². The number of aromatic nitrogens is 3. The molecule has 2 aromatic rings. The van der Waals surface area contributed by atoms with Crippen molar-refractivity contribution in [3.05, 3.63) is 41.6 Å². The van der Waals surface area contributed by atoms with E-state index in [0.29, 0.717) is 11.6 Å². The van der Waals surface area contributed by atoms with Gasteiger partial charge >= 0.3 is 15.0 Å². The predicted octanol–water partition coefficient (Wildman–Crippen LogP) is 0.921. The van der Waals surface area contributed by atoms with E-state index < -0.39 is 5.62 Å². The van der Waals surface area contributed by atoms with Gasteiger partial charge in [0, 0.05) is 23.7 Å². The fraction of sp³-hybridized carbons (Fsp3) is 0.231. The van der Waals surface area contributed by atoms with Crippen LogP contribution in [0.3, 0.4) is 0 Å². The minimum absolute atomic E-state index is 0.519. The van der Waals surface area contributed by atoms with Gasteiger partial charge in [-0.1, -0.05) is 0 Å². The van der Waals surface area contributed by atoms with Crippen molar-refractivity contribution < 1.29 is 9.31 Å². The van der Waals surface area contributed by atoms with Crippen LogP contribution in [0.2, 0.25) is 0 Å². The maximum atomic E-state index is 5.36. The zero-order valence-electron chi connectivity index (χ0n) is 11.6. The topological polar surface area (TPSA) is 76.1 Å². The summed E-state index contributed by atoms with van der Waals surface area (Å²) in [7, 11) is 3.16. The second kappa shape index (κ2) is 4.39. The number of rotatable bonds is 3. The lowest BCUT2D eigenvalue weighted by atomic mass is 9.95. The molecule has 0 aliphatic carbocycles. The normalized spacial score (nSPS) is 24.0. The van der Waals surface area contributed by atoms with Crippen LogP contribution in [-0.4, -0.2) is 35.7 Å². The SMILES string of the molecule is Cc1cc(-c2ccncc2C)nc(C2(N=C3[B]O3)[B]O2)n1. The summed E-state index contributed by atoms with van der Waals surface area (Å²) in [6, 6.07) is 3.88. The first-order valence-electron chi connectivity index (χ1n) is 6.55. The molecular weight excluding hydrogens is 266 g/mol. The first kappa shape index (κ1) is 12.5. The number of pyridine rings is 1. The van der Waals surface area contributed by atoms with Gasteiger partial charge in [0.2, 0.25) is 5.62 Å². The van der Waals surface area contributed by atoms with Crippen LogP contribution < -0.4 is 0 Å². The predicted molar refractivity (Wildman–Crippen MR) is 77.5 cm³/mol. The molecule has 0 amide bonds. The molecule has 2 saturated heterocycles. The van der Waals surface area contributed by atoms with E-state index in [1.807, 2.05) is 32.2 Å². The van der Waals surface area contributed by atoms with Gasteiger partial charge in [0.05, 0.1) is 5.69 Å². The molecule has 0 bridgehead atoms. The molecule has 2 aromatic heterocycles. The highest BCUT2D eigenvalue weighted by atomic mass is 16.6. The van der Waals surface area contributed by atoms with Crippen LogP contribution >= 0.6 is 0 Å². The molecular formula is C13H10B2N4O2. The third kappa shape index (κ3) is 2.31. The monoisotopic (exact) mass is 276 g/mol. The molecule has 4 heterocycles. The average Bonchev–Trinajstić information content (AvgIpc) is 3.37. The number of hydrogen-bond acceptors (Lipinski definition) is 6. The number of hydrogen-bond donors (Lipinski definition) is 0. The first-order chi connectivity index (χ1) is 10.2. The molecule has 0 saturated carbocycles. The van der Waals surface area contributed by atoms with Gasteiger partial charge in [-0.25, -0.2) is 15.0 Å². The van der Waals surface area contributed by atoms with E-state index in [1.165, 1.54) is 0 Å². The van der Waals surface area contributed by atoms with Gasteiger partial charge in [-0.3, -0.25) is 4.98 Å². The summed E-state index contributed by atoms with van der Waals surface area (Å²) in [5.41, 5.74) is 2.87. The fourth-order valence-electron chi connectivity index (χ4n) is 2.13. The lowest BCUT2D eigenvalue weighted by molar-refractivity contribution is 0.319. The summed E-state index contributed by atoms with van der Waals surface area (Å²) in [4.78, 5) is 17.5. The maximum Gasteiger partial charge on any atom is 0.474 e. The van der Waals surface area contributed by atoms with E-state index in [2.05, 4.69) is 19.9 Å². The number of aryl methyl sites for hydroxylation is 2. The lowest BCUT2D eigenvalue weighted by Crippen LogP contribution is -2.14. The molecule has 0 N–H and O–H groups in total. The third-order valence-corrected chi connectivity index (χ3v) is 3.31. The Bertz CT molecular complexity index is 756. The molecule has 0 aromatic carbocycles. The lowest BCUT2D eigenvalue weighted by Gasteiger charge is -2.11. The van der Waals surface area contributed by atoms with Crippen LogP contribution in [0.4, 0.5) is 0 Å². The minimum Gasteiger partial charge on any atom is -0.549 e. The second-order valence-corrected chi connectivity index (χ2v) is 5.03. The fourth-order valence-corrected chi connectivity index (χ4v) is 2.13. The minimum atomic E-state index is -0.899. The van der Waals surface area contributed by atoms with E-state index in [1.54, 1.807) is 21.2 Å². The first-order valence-corrected chi connectivity index (χ1v) is 6.55. The van der Waals surface area contributed by atoms with Gasteiger partial charge in [-0.15, -0.1) is 0 Å². The summed E-state index contributed by atoms with van der Waals surface area (Å²) in [5.74, 6) is 1.07. The molecule has 0 spiro atoms. The Morgan fingerprint density at radius 1 is 1.29 bits per heavy atom. The Morgan fingerprint density at radius 3 is 2.76 bits per heavy atom. The van der Waals surface area contributed by atoms with E-state index in [4.69, 9.17) is 9.31 Å². The van der Waals surface area contributed by atoms with Gasteiger partial charge in [0.15, 0.2) is 11.6 Å². The molecule has 21 heavy (non-hydrogen) atoms. The van der Waals surface area contributed by atoms with Gasteiger partial charge in [-0.05, 0) is 31.5 Å². The Morgan fingerprint density at radius 2 is 2.10 bits per heavy atom. The van der Waals surface area contributed by atoms with E-state index in [0.717, 1.165) is 22.5 Å². The quantitative estimate of drug-likeness (QED) is 0.615. The van der Waals surface area contributed by atoms with Gasteiger partial charge in [-0.2, -0.15) is 0 Å². The summed E-state index contributed by atoms with van der Waals surface area (Å²) in [6.07, 6.45) is 3.57. The molecule has 8 heteroatoms. The Balaban J connectivity index is 1.81. The average molecular weight is 276 g/mol. The Hall–Kier alpha value is -2.21. The molecule has 4 rings (SSSR count). The summed E-state index contributed by atoms with van der Waals surface area (Å²) in [5, 5.41) is 0. The zero-order valence-corrected chi connectivity index (χ0v) is 11.6. The Kier molecular flexibility index (Phi) is 2.62. The largest absolute Gasteiger partial charge is 0.549 e. The van der Waals surface area contributed by atoms with Crippen molar-refractivity contribution in [2.45, 2.75) is 19.5 Å². The maximum absolute atomic E-state index is 5.36. The molecule has 1 unspecified atom stereocenters. The summed E-state index contributed by atoms with van der Waals surface area (Å²) < 4.78 is 10.3. The van der Waals surface area contributed by atoms with Crippen LogP contribution in [0.25, 0.3) is 11.3 Å². The smallest absolute Gasteiger partial charge is 0.474 e. The standard InChI is InChI=1S/C13H10B2N4O2/c1-7-6-16-4-3-9(7)10-5-8(2)17-11(18-10)13(15-21-13)19-12-14-20-12/h3-6H,1-2H3. The summed E-state index contributed by atoms with van der Waals surface area (Å²) >= 11 is 0. The van der Waals surface area contributed by atoms with Gasteiger partial charge < -0.3 is 9.31 Å². The van der Waals surface area contributed by atoms with Crippen molar-refractivity contribution in [1.29, 1.82) is 0 Å². The second-order valence-electron chi connectivity index (χ2n) is 5.03. The van der Waals surface area contributed by atoms with Crippen LogP contribution in [0.5, 0.6) is 0 Å². The van der Waals surface area contributed by atoms with Crippen molar-refractivity contribution in [2.24, 2.45) is 4.99 Å². The molecule has 2 aliphatic heterocycles. The highest BCUT2D eigenvalue weighted by Crippen LogP contribution is 2.37. The summed E-state index contributed by atoms with van der Waals surface area (Å²) in [6.45, 7) is 3.93. The molecule has 2 radical (unpaired) electrons. The number of aliphatic imine (C=N–C) groups is 1. The molecule has 2 aliphatic rings. The zero-order chi connectivity index (χ0) is 14.4. The van der Waals surface area contributed by atoms with Crippen molar-refractivity contribution in [2.75, 3.05) is 0 Å². The van der Waals surface area contributed by atoms with Crippen molar-refractivity contribution in [1.82, 2.24) is 15.0 Å². The molecule has 6 nitrogen and oxygen atoms in total. The molecule has 2 fully saturated rings. The van der Waals surface area contributed by atoms with Crippen LogP contribution in [0, 0.1) is 13.8 Å². The van der Waals surface area contributed by atoms with Crippen LogP contribution in [0.15, 0.2) is 29.5 Å². The van der Waals surface area contributed by atoms with Crippen molar-refractivity contribution >= 4 is 20.8 Å². The van der Waals surface area contributed by atoms with Crippen LogP contribution in [0.1, 0.15) is 17.1 Å². The Labute approximate surface area is 123 Å². The van der Waals surface area contributed by atoms with Crippen molar-refractivity contribution in [3.8, 4) is 11.3 Å². The van der Waals surface area contributed by atoms with E-state index >= 15 is 0 Å². The van der Waals surface area contributed by atoms with Crippen LogP contribution in [-0.2, 0) is 14.9 Å². The van der Waals surface area contributed by atoms with E-state index in [9.17, 15) is 0 Å². The molecule has 100 valence electrons. The van der Waals surface area contributed by atoms with E-state index in [-0.39, 0.29) is 0 Å². The van der Waals surface area contributed by atoms with Gasteiger partial charge in [0.1, 0.15) is 0 Å². The molecule has 1 atom stereocenters. The highest BCUT2D eigenvalue weighted by molar-refractivity contribution is 6.83. The number of nitrogens with zero attached hydrogens (tertiary/aromatic N) is 4. The third-order valence-electron chi connectivity index (χ3n) is 3.31.